The zero-order valence-corrected chi connectivity index (χ0v) is 18.4. The minimum absolute atomic E-state index is 0.0764. The second-order valence-corrected chi connectivity index (χ2v) is 8.36. The van der Waals surface area contributed by atoms with E-state index in [0.29, 0.717) is 5.75 Å². The fourth-order valence-electron chi connectivity index (χ4n) is 2.73. The smallest absolute Gasteiger partial charge is 0.408 e. The summed E-state index contributed by atoms with van der Waals surface area (Å²) < 4.78 is 5.17. The molecule has 0 radical (unpaired) electrons. The fraction of sp³-hybridized carbons (Fsp3) is 0.348. The quantitative estimate of drug-likeness (QED) is 0.490. The standard InChI is InChI=1S/C23H28N2O5S/c1-16(2)20(25-23(29)30-13-17-9-5-3-6-10-17)21(26)24-19(22(27)28)15-31-14-18-11-7-4-8-12-18/h3-12,16,19-20H,13-15H2,1-2H3,(H,24,26)(H,25,29)(H,27,28)/t19-,20+/m1/s1. The minimum Gasteiger partial charge on any atom is -0.480 e. The summed E-state index contributed by atoms with van der Waals surface area (Å²) in [7, 11) is 0. The van der Waals surface area contributed by atoms with Crippen molar-refractivity contribution in [3.8, 4) is 0 Å². The van der Waals surface area contributed by atoms with Gasteiger partial charge in [0.05, 0.1) is 0 Å². The number of alkyl carbamates (subject to hydrolysis) is 1. The Morgan fingerprint density at radius 3 is 2.06 bits per heavy atom. The Kier molecular flexibility index (Phi) is 9.90. The van der Waals surface area contributed by atoms with Gasteiger partial charge in [0.25, 0.3) is 0 Å². The van der Waals surface area contributed by atoms with Gasteiger partial charge >= 0.3 is 12.1 Å². The predicted octanol–water partition coefficient (Wildman–Crippen LogP) is 3.44. The molecule has 31 heavy (non-hydrogen) atoms. The molecule has 0 fully saturated rings. The van der Waals surface area contributed by atoms with Gasteiger partial charge in [-0.1, -0.05) is 74.5 Å². The molecule has 7 nitrogen and oxygen atoms in total. The maximum Gasteiger partial charge on any atom is 0.408 e. The number of carbonyl (C=O) groups excluding carboxylic acids is 2. The number of carboxylic acid groups (broad SMARTS) is 1. The molecule has 2 rings (SSSR count). The van der Waals surface area contributed by atoms with Crippen LogP contribution in [-0.2, 0) is 26.7 Å². The normalized spacial score (nSPS) is 12.6. The Morgan fingerprint density at radius 1 is 0.935 bits per heavy atom. The van der Waals surface area contributed by atoms with Crippen molar-refractivity contribution in [1.29, 1.82) is 0 Å². The van der Waals surface area contributed by atoms with Crippen LogP contribution in [0.1, 0.15) is 25.0 Å². The topological polar surface area (TPSA) is 105 Å². The molecule has 8 heteroatoms. The van der Waals surface area contributed by atoms with Gasteiger partial charge in [-0.3, -0.25) is 4.79 Å². The number of hydrogen-bond acceptors (Lipinski definition) is 5. The Bertz CT molecular complexity index is 846. The third kappa shape index (κ3) is 8.72. The number of aliphatic carboxylic acids is 1. The average Bonchev–Trinajstić information content (AvgIpc) is 2.76. The lowest BCUT2D eigenvalue weighted by atomic mass is 10.0. The van der Waals surface area contributed by atoms with Gasteiger partial charge in [-0.25, -0.2) is 9.59 Å². The van der Waals surface area contributed by atoms with Crippen molar-refractivity contribution in [2.45, 2.75) is 38.3 Å². The highest BCUT2D eigenvalue weighted by molar-refractivity contribution is 7.98. The number of ether oxygens (including phenoxy) is 1. The molecule has 2 aromatic carbocycles. The summed E-state index contributed by atoms with van der Waals surface area (Å²) in [5.41, 5.74) is 1.90. The summed E-state index contributed by atoms with van der Waals surface area (Å²) in [5.74, 6) is -1.09. The summed E-state index contributed by atoms with van der Waals surface area (Å²) in [6.07, 6.45) is -0.733. The third-order valence-corrected chi connectivity index (χ3v) is 5.55. The second kappa shape index (κ2) is 12.6. The van der Waals surface area contributed by atoms with Crippen molar-refractivity contribution < 1.29 is 24.2 Å². The van der Waals surface area contributed by atoms with Crippen LogP contribution in [-0.4, -0.2) is 40.9 Å². The highest BCUT2D eigenvalue weighted by Crippen LogP contribution is 2.13. The molecule has 0 bridgehead atoms. The van der Waals surface area contributed by atoms with Crippen LogP contribution < -0.4 is 10.6 Å². The zero-order chi connectivity index (χ0) is 22.6. The first-order valence-electron chi connectivity index (χ1n) is 9.99. The van der Waals surface area contributed by atoms with Crippen molar-refractivity contribution in [2.75, 3.05) is 5.75 Å². The second-order valence-electron chi connectivity index (χ2n) is 7.33. The molecule has 0 aliphatic heterocycles. The van der Waals surface area contributed by atoms with Crippen molar-refractivity contribution in [3.63, 3.8) is 0 Å². The number of rotatable bonds is 11. The fourth-order valence-corrected chi connectivity index (χ4v) is 3.74. The lowest BCUT2D eigenvalue weighted by molar-refractivity contribution is -0.141. The number of carbonyl (C=O) groups is 3. The predicted molar refractivity (Wildman–Crippen MR) is 121 cm³/mol. The van der Waals surface area contributed by atoms with Gasteiger partial charge in [0, 0.05) is 11.5 Å². The Morgan fingerprint density at radius 2 is 1.52 bits per heavy atom. The SMILES string of the molecule is CC(C)[C@H](NC(=O)OCc1ccccc1)C(=O)N[C@H](CSCc1ccccc1)C(=O)O. The number of amides is 2. The molecular weight excluding hydrogens is 416 g/mol. The van der Waals surface area contributed by atoms with E-state index in [2.05, 4.69) is 10.6 Å². The van der Waals surface area contributed by atoms with Gasteiger partial charge in [-0.2, -0.15) is 11.8 Å². The number of carboxylic acids is 1. The van der Waals surface area contributed by atoms with Crippen LogP contribution in [0.3, 0.4) is 0 Å². The van der Waals surface area contributed by atoms with Crippen molar-refractivity contribution in [3.05, 3.63) is 71.8 Å². The third-order valence-electron chi connectivity index (χ3n) is 4.45. The largest absolute Gasteiger partial charge is 0.480 e. The Labute approximate surface area is 186 Å². The maximum absolute atomic E-state index is 12.7. The van der Waals surface area contributed by atoms with E-state index < -0.39 is 30.1 Å². The lowest BCUT2D eigenvalue weighted by Gasteiger charge is -2.23. The molecule has 2 atom stereocenters. The van der Waals surface area contributed by atoms with Gasteiger partial charge in [0.15, 0.2) is 0 Å². The molecule has 2 aromatic rings. The zero-order valence-electron chi connectivity index (χ0n) is 17.6. The molecule has 0 saturated heterocycles. The molecule has 0 aliphatic carbocycles. The summed E-state index contributed by atoms with van der Waals surface area (Å²) in [6, 6.07) is 16.9. The van der Waals surface area contributed by atoms with E-state index in [1.54, 1.807) is 13.8 Å². The number of hydrogen-bond donors (Lipinski definition) is 3. The van der Waals surface area contributed by atoms with Crippen LogP contribution in [0.5, 0.6) is 0 Å². The highest BCUT2D eigenvalue weighted by atomic mass is 32.2. The number of benzene rings is 2. The first-order valence-corrected chi connectivity index (χ1v) is 11.1. The monoisotopic (exact) mass is 444 g/mol. The van der Waals surface area contributed by atoms with E-state index in [9.17, 15) is 19.5 Å². The molecule has 0 unspecified atom stereocenters. The maximum atomic E-state index is 12.7. The molecule has 0 saturated carbocycles. The number of nitrogens with one attached hydrogen (secondary N) is 2. The molecule has 2 amide bonds. The molecule has 0 aromatic heterocycles. The van der Waals surface area contributed by atoms with Crippen molar-refractivity contribution >= 4 is 29.7 Å². The van der Waals surface area contributed by atoms with E-state index in [4.69, 9.17) is 4.74 Å². The summed E-state index contributed by atoms with van der Waals surface area (Å²) in [6.45, 7) is 3.61. The van der Waals surface area contributed by atoms with E-state index in [-0.39, 0.29) is 18.3 Å². The van der Waals surface area contributed by atoms with Gasteiger partial charge < -0.3 is 20.5 Å². The average molecular weight is 445 g/mol. The Balaban J connectivity index is 1.87. The van der Waals surface area contributed by atoms with Crippen LogP contribution in [0.15, 0.2) is 60.7 Å². The van der Waals surface area contributed by atoms with Crippen LogP contribution in [0.4, 0.5) is 4.79 Å². The van der Waals surface area contributed by atoms with Gasteiger partial charge in [-0.15, -0.1) is 0 Å². The molecule has 0 spiro atoms. The van der Waals surface area contributed by atoms with Crippen LogP contribution >= 0.6 is 11.8 Å². The minimum atomic E-state index is -1.12. The highest BCUT2D eigenvalue weighted by Gasteiger charge is 2.29. The summed E-state index contributed by atoms with van der Waals surface area (Å²) >= 11 is 1.42. The van der Waals surface area contributed by atoms with Crippen molar-refractivity contribution in [2.24, 2.45) is 5.92 Å². The first-order chi connectivity index (χ1) is 14.9. The van der Waals surface area contributed by atoms with Crippen LogP contribution in [0.2, 0.25) is 0 Å². The van der Waals surface area contributed by atoms with Gasteiger partial charge in [0.2, 0.25) is 5.91 Å². The van der Waals surface area contributed by atoms with Gasteiger partial charge in [0.1, 0.15) is 18.7 Å². The van der Waals surface area contributed by atoms with E-state index in [1.807, 2.05) is 60.7 Å². The molecule has 166 valence electrons. The van der Waals surface area contributed by atoms with E-state index in [1.165, 1.54) is 11.8 Å². The van der Waals surface area contributed by atoms with Crippen LogP contribution in [0.25, 0.3) is 0 Å². The number of thioether (sulfide) groups is 1. The Hall–Kier alpha value is -3.00. The summed E-state index contributed by atoms with van der Waals surface area (Å²) in [4.78, 5) is 36.5. The van der Waals surface area contributed by atoms with E-state index in [0.717, 1.165) is 11.1 Å². The summed E-state index contributed by atoms with van der Waals surface area (Å²) in [5, 5.41) is 14.6. The molecular formula is C23H28N2O5S. The molecule has 0 aliphatic rings. The molecule has 3 N–H and O–H groups in total. The van der Waals surface area contributed by atoms with Gasteiger partial charge in [-0.05, 0) is 17.0 Å². The van der Waals surface area contributed by atoms with E-state index >= 15 is 0 Å². The first kappa shape index (κ1) is 24.3. The molecule has 0 heterocycles. The van der Waals surface area contributed by atoms with Crippen LogP contribution in [0, 0.1) is 5.92 Å². The lowest BCUT2D eigenvalue weighted by Crippen LogP contribution is -2.54. The van der Waals surface area contributed by atoms with Crippen molar-refractivity contribution in [1.82, 2.24) is 10.6 Å².